The van der Waals surface area contributed by atoms with Crippen molar-refractivity contribution in [1.82, 2.24) is 5.32 Å². The zero-order chi connectivity index (χ0) is 12.1. The van der Waals surface area contributed by atoms with Gasteiger partial charge in [0, 0.05) is 12.1 Å². The Bertz CT molecular complexity index is 482. The maximum Gasteiger partial charge on any atom is 0.169 e. The first-order valence-corrected chi connectivity index (χ1v) is 6.18. The van der Waals surface area contributed by atoms with Crippen molar-refractivity contribution in [2.45, 2.75) is 13.2 Å². The molecule has 17 heavy (non-hydrogen) atoms. The van der Waals surface area contributed by atoms with E-state index in [1.807, 2.05) is 43.4 Å². The first kappa shape index (κ1) is 12.2. The Morgan fingerprint density at radius 2 is 2.06 bits per heavy atom. The van der Waals surface area contributed by atoms with E-state index in [4.69, 9.17) is 9.15 Å². The maximum absolute atomic E-state index is 5.73. The molecule has 1 heterocycles. The number of hydrogen-bond acceptors (Lipinski definition) is 3. The number of hydrogen-bond donors (Lipinski definition) is 1. The summed E-state index contributed by atoms with van der Waals surface area (Å²) in [4.78, 5) is 0. The number of ether oxygens (including phenoxy) is 1. The molecule has 90 valence electrons. The molecule has 0 fully saturated rings. The lowest BCUT2D eigenvalue weighted by molar-refractivity contribution is 0.265. The Morgan fingerprint density at radius 3 is 2.76 bits per heavy atom. The number of rotatable bonds is 5. The fraction of sp³-hybridized carbons (Fsp3) is 0.231. The molecule has 2 rings (SSSR count). The minimum Gasteiger partial charge on any atom is -0.485 e. The van der Waals surface area contributed by atoms with Crippen molar-refractivity contribution in [3.05, 3.63) is 52.4 Å². The molecule has 4 heteroatoms. The van der Waals surface area contributed by atoms with E-state index in [0.29, 0.717) is 6.61 Å². The van der Waals surface area contributed by atoms with E-state index >= 15 is 0 Å². The van der Waals surface area contributed by atoms with Gasteiger partial charge >= 0.3 is 0 Å². The topological polar surface area (TPSA) is 34.4 Å². The van der Waals surface area contributed by atoms with Crippen molar-refractivity contribution in [3.8, 4) is 5.75 Å². The van der Waals surface area contributed by atoms with E-state index < -0.39 is 0 Å². The van der Waals surface area contributed by atoms with Crippen molar-refractivity contribution >= 4 is 15.9 Å². The van der Waals surface area contributed by atoms with Gasteiger partial charge in [0.15, 0.2) is 4.67 Å². The smallest absolute Gasteiger partial charge is 0.169 e. The van der Waals surface area contributed by atoms with E-state index in [-0.39, 0.29) is 0 Å². The Morgan fingerprint density at radius 1 is 1.24 bits per heavy atom. The lowest BCUT2D eigenvalue weighted by atomic mass is 10.2. The van der Waals surface area contributed by atoms with Crippen LogP contribution in [0.5, 0.6) is 5.75 Å². The third-order valence-electron chi connectivity index (χ3n) is 2.34. The molecule has 1 aromatic carbocycles. The molecule has 3 nitrogen and oxygen atoms in total. The van der Waals surface area contributed by atoms with E-state index in [2.05, 4.69) is 21.2 Å². The van der Waals surface area contributed by atoms with Gasteiger partial charge in [-0.1, -0.05) is 18.2 Å². The molecule has 0 saturated heterocycles. The highest BCUT2D eigenvalue weighted by Crippen LogP contribution is 2.20. The van der Waals surface area contributed by atoms with Crippen LogP contribution in [-0.4, -0.2) is 7.05 Å². The fourth-order valence-electron chi connectivity index (χ4n) is 1.56. The van der Waals surface area contributed by atoms with Gasteiger partial charge in [0.2, 0.25) is 0 Å². The molecule has 1 N–H and O–H groups in total. The molecule has 0 amide bonds. The van der Waals surface area contributed by atoms with Crippen molar-refractivity contribution in [1.29, 1.82) is 0 Å². The first-order valence-electron chi connectivity index (χ1n) is 5.39. The summed E-state index contributed by atoms with van der Waals surface area (Å²) < 4.78 is 11.8. The van der Waals surface area contributed by atoms with Gasteiger partial charge in [-0.15, -0.1) is 0 Å². The SMILES string of the molecule is CNCc1ccccc1OCc1ccc(Br)o1. The van der Waals surface area contributed by atoms with Crippen LogP contribution in [-0.2, 0) is 13.2 Å². The molecular weight excluding hydrogens is 282 g/mol. The lowest BCUT2D eigenvalue weighted by Gasteiger charge is -2.09. The molecule has 0 spiro atoms. The summed E-state index contributed by atoms with van der Waals surface area (Å²) in [5, 5.41) is 3.12. The highest BCUT2D eigenvalue weighted by atomic mass is 79.9. The first-order chi connectivity index (χ1) is 8.29. The summed E-state index contributed by atoms with van der Waals surface area (Å²) in [5.41, 5.74) is 1.14. The maximum atomic E-state index is 5.73. The summed E-state index contributed by atoms with van der Waals surface area (Å²) in [7, 11) is 1.92. The fourth-order valence-corrected chi connectivity index (χ4v) is 1.90. The van der Waals surface area contributed by atoms with Crippen LogP contribution < -0.4 is 10.1 Å². The standard InChI is InChI=1S/C13H14BrNO2/c1-15-8-10-4-2-3-5-12(10)16-9-11-6-7-13(14)17-11/h2-7,15H,8-9H2,1H3. The summed E-state index contributed by atoms with van der Waals surface area (Å²) in [6.45, 7) is 1.23. The van der Waals surface area contributed by atoms with E-state index in [0.717, 1.165) is 28.3 Å². The minimum absolute atomic E-state index is 0.437. The van der Waals surface area contributed by atoms with E-state index in [1.165, 1.54) is 0 Å². The molecule has 0 aliphatic heterocycles. The second-order valence-corrected chi connectivity index (χ2v) is 4.41. The summed E-state index contributed by atoms with van der Waals surface area (Å²) >= 11 is 3.27. The molecule has 0 unspecified atom stereocenters. The highest BCUT2D eigenvalue weighted by molar-refractivity contribution is 9.10. The molecule has 0 aliphatic carbocycles. The summed E-state index contributed by atoms with van der Waals surface area (Å²) in [6, 6.07) is 11.7. The Labute approximate surface area is 109 Å². The van der Waals surface area contributed by atoms with E-state index in [9.17, 15) is 0 Å². The van der Waals surface area contributed by atoms with Crippen LogP contribution in [0.3, 0.4) is 0 Å². The molecule has 0 radical (unpaired) electrons. The van der Waals surface area contributed by atoms with Crippen molar-refractivity contribution in [3.63, 3.8) is 0 Å². The molecule has 0 saturated carbocycles. The van der Waals surface area contributed by atoms with Crippen LogP contribution >= 0.6 is 15.9 Å². The molecule has 2 aromatic rings. The number of halogens is 1. The Hall–Kier alpha value is -1.26. The van der Waals surface area contributed by atoms with Crippen LogP contribution in [0, 0.1) is 0 Å². The quantitative estimate of drug-likeness (QED) is 0.919. The normalized spacial score (nSPS) is 10.5. The predicted octanol–water partition coefficient (Wildman–Crippen LogP) is 3.34. The van der Waals surface area contributed by atoms with Crippen LogP contribution in [0.4, 0.5) is 0 Å². The number of furan rings is 1. The summed E-state index contributed by atoms with van der Waals surface area (Å²) in [5.74, 6) is 1.69. The molecule has 0 atom stereocenters. The van der Waals surface area contributed by atoms with Crippen LogP contribution in [0.1, 0.15) is 11.3 Å². The molecular formula is C13H14BrNO2. The monoisotopic (exact) mass is 295 g/mol. The lowest BCUT2D eigenvalue weighted by Crippen LogP contribution is -2.07. The molecule has 0 bridgehead atoms. The third-order valence-corrected chi connectivity index (χ3v) is 2.76. The molecule has 0 aliphatic rings. The largest absolute Gasteiger partial charge is 0.485 e. The summed E-state index contributed by atoms with van der Waals surface area (Å²) in [6.07, 6.45) is 0. The van der Waals surface area contributed by atoms with Gasteiger partial charge in [-0.2, -0.15) is 0 Å². The number of para-hydroxylation sites is 1. The Kier molecular flexibility index (Phi) is 4.23. The van der Waals surface area contributed by atoms with Crippen molar-refractivity contribution in [2.24, 2.45) is 0 Å². The van der Waals surface area contributed by atoms with Crippen molar-refractivity contribution < 1.29 is 9.15 Å². The second kappa shape index (κ2) is 5.89. The average Bonchev–Trinajstić information content (AvgIpc) is 2.74. The average molecular weight is 296 g/mol. The zero-order valence-electron chi connectivity index (χ0n) is 9.57. The van der Waals surface area contributed by atoms with Crippen LogP contribution in [0.15, 0.2) is 45.5 Å². The second-order valence-electron chi connectivity index (χ2n) is 3.63. The predicted molar refractivity (Wildman–Crippen MR) is 69.9 cm³/mol. The zero-order valence-corrected chi connectivity index (χ0v) is 11.2. The number of benzene rings is 1. The minimum atomic E-state index is 0.437. The van der Waals surface area contributed by atoms with Crippen LogP contribution in [0.2, 0.25) is 0 Å². The van der Waals surface area contributed by atoms with Gasteiger partial charge in [0.25, 0.3) is 0 Å². The van der Waals surface area contributed by atoms with Crippen molar-refractivity contribution in [2.75, 3.05) is 7.05 Å². The van der Waals surface area contributed by atoms with Crippen LogP contribution in [0.25, 0.3) is 0 Å². The van der Waals surface area contributed by atoms with Gasteiger partial charge in [-0.3, -0.25) is 0 Å². The van der Waals surface area contributed by atoms with Gasteiger partial charge in [-0.25, -0.2) is 0 Å². The van der Waals surface area contributed by atoms with E-state index in [1.54, 1.807) is 0 Å². The number of nitrogens with one attached hydrogen (secondary N) is 1. The van der Waals surface area contributed by atoms with Gasteiger partial charge < -0.3 is 14.5 Å². The van der Waals surface area contributed by atoms with Gasteiger partial charge in [0.05, 0.1) is 0 Å². The highest BCUT2D eigenvalue weighted by Gasteiger charge is 2.04. The molecule has 1 aromatic heterocycles. The van der Waals surface area contributed by atoms with Gasteiger partial charge in [0.1, 0.15) is 18.1 Å². The Balaban J connectivity index is 2.03. The third kappa shape index (κ3) is 3.35. The van der Waals surface area contributed by atoms with Gasteiger partial charge in [-0.05, 0) is 41.2 Å².